The predicted molar refractivity (Wildman–Crippen MR) is 70.4 cm³/mol. The summed E-state index contributed by atoms with van der Waals surface area (Å²) in [5, 5.41) is 29.2. The number of hydrogen-bond acceptors (Lipinski definition) is 5. The van der Waals surface area contributed by atoms with Crippen LogP contribution in [0.5, 0.6) is 0 Å². The first-order valence-electron chi connectivity index (χ1n) is 6.10. The summed E-state index contributed by atoms with van der Waals surface area (Å²) in [4.78, 5) is 23.4. The number of nitro groups is 1. The highest BCUT2D eigenvalue weighted by Crippen LogP contribution is 2.36. The zero-order chi connectivity index (χ0) is 14.9. The third-order valence-electron chi connectivity index (χ3n) is 3.71. The molecule has 1 aliphatic rings. The summed E-state index contributed by atoms with van der Waals surface area (Å²) in [5.41, 5.74) is -0.945. The molecule has 1 N–H and O–H groups in total. The number of nitro benzene ring substituents is 1. The number of nitrogens with zero attached hydrogens (tertiary/aromatic N) is 3. The highest BCUT2D eigenvalue weighted by molar-refractivity contribution is 5.84. The summed E-state index contributed by atoms with van der Waals surface area (Å²) in [6.45, 7) is 2.12. The number of anilines is 1. The Morgan fingerprint density at radius 3 is 2.85 bits per heavy atom. The zero-order valence-corrected chi connectivity index (χ0v) is 10.9. The Kier molecular flexibility index (Phi) is 3.32. The molecule has 1 atom stereocenters. The Bertz CT molecular complexity index is 623. The average molecular weight is 275 g/mol. The Morgan fingerprint density at radius 2 is 2.30 bits per heavy atom. The normalized spacial score (nSPS) is 21.5. The molecular formula is C13H13N3O4. The Balaban J connectivity index is 2.49. The lowest BCUT2D eigenvalue weighted by Crippen LogP contribution is -2.48. The van der Waals surface area contributed by atoms with E-state index in [4.69, 9.17) is 5.26 Å². The molecule has 0 spiro atoms. The molecule has 1 fully saturated rings. The zero-order valence-electron chi connectivity index (χ0n) is 10.9. The second-order valence-electron chi connectivity index (χ2n) is 4.90. The number of carbonyl (C=O) groups is 1. The fraction of sp³-hybridized carbons (Fsp3) is 0.385. The van der Waals surface area contributed by atoms with Crippen LogP contribution in [0.4, 0.5) is 11.4 Å². The molecule has 0 aliphatic carbocycles. The van der Waals surface area contributed by atoms with Gasteiger partial charge in [-0.3, -0.25) is 10.1 Å². The maximum Gasteiger partial charge on any atom is 0.329 e. The van der Waals surface area contributed by atoms with Crippen LogP contribution in [0.15, 0.2) is 18.2 Å². The number of rotatable bonds is 3. The molecule has 1 aromatic rings. The first-order chi connectivity index (χ1) is 9.40. The Hall–Kier alpha value is -2.62. The monoisotopic (exact) mass is 275 g/mol. The number of hydrogen-bond donors (Lipinski definition) is 1. The molecule has 1 aliphatic heterocycles. The molecule has 104 valence electrons. The van der Waals surface area contributed by atoms with Crippen LogP contribution in [0.25, 0.3) is 0 Å². The lowest BCUT2D eigenvalue weighted by Gasteiger charge is -2.33. The molecule has 0 saturated carbocycles. The molecule has 0 aromatic heterocycles. The number of nitriles is 1. The highest BCUT2D eigenvalue weighted by atomic mass is 16.6. The highest BCUT2D eigenvalue weighted by Gasteiger charge is 2.43. The molecule has 1 heterocycles. The van der Waals surface area contributed by atoms with Crippen molar-refractivity contribution in [1.82, 2.24) is 0 Å². The molecule has 7 nitrogen and oxygen atoms in total. The molecule has 20 heavy (non-hydrogen) atoms. The van der Waals surface area contributed by atoms with Crippen molar-refractivity contribution in [2.24, 2.45) is 0 Å². The Morgan fingerprint density at radius 1 is 1.60 bits per heavy atom. The maximum absolute atomic E-state index is 11.4. The van der Waals surface area contributed by atoms with Crippen molar-refractivity contribution >= 4 is 17.3 Å². The number of carboxylic acids is 1. The van der Waals surface area contributed by atoms with Gasteiger partial charge < -0.3 is 10.0 Å². The summed E-state index contributed by atoms with van der Waals surface area (Å²) in [7, 11) is 0. The SMILES string of the molecule is CC1(C(=O)O)CCCN1c1ccc(C#N)c([N+](=O)[O-])c1. The third kappa shape index (κ3) is 2.05. The van der Waals surface area contributed by atoms with E-state index in [0.29, 0.717) is 25.1 Å². The van der Waals surface area contributed by atoms with Crippen LogP contribution in [-0.4, -0.2) is 28.1 Å². The molecule has 0 radical (unpaired) electrons. The molecule has 7 heteroatoms. The minimum atomic E-state index is -1.07. The van der Waals surface area contributed by atoms with Gasteiger partial charge in [0.05, 0.1) is 4.92 Å². The van der Waals surface area contributed by atoms with Gasteiger partial charge in [0, 0.05) is 18.3 Å². The van der Waals surface area contributed by atoms with Crippen molar-refractivity contribution in [3.8, 4) is 6.07 Å². The van der Waals surface area contributed by atoms with Crippen LogP contribution >= 0.6 is 0 Å². The van der Waals surface area contributed by atoms with Crippen molar-refractivity contribution in [1.29, 1.82) is 5.26 Å². The summed E-state index contributed by atoms with van der Waals surface area (Å²) in [6, 6.07) is 5.94. The van der Waals surface area contributed by atoms with Gasteiger partial charge >= 0.3 is 5.97 Å². The average Bonchev–Trinajstić information content (AvgIpc) is 2.81. The van der Waals surface area contributed by atoms with Gasteiger partial charge in [0.2, 0.25) is 0 Å². The smallest absolute Gasteiger partial charge is 0.329 e. The first-order valence-corrected chi connectivity index (χ1v) is 6.10. The van der Waals surface area contributed by atoms with E-state index in [9.17, 15) is 20.0 Å². The van der Waals surface area contributed by atoms with E-state index < -0.39 is 16.4 Å². The van der Waals surface area contributed by atoms with Crippen molar-refractivity contribution in [2.45, 2.75) is 25.3 Å². The minimum absolute atomic E-state index is 0.0324. The van der Waals surface area contributed by atoms with Gasteiger partial charge in [-0.15, -0.1) is 0 Å². The molecule has 1 saturated heterocycles. The van der Waals surface area contributed by atoms with Gasteiger partial charge in [-0.1, -0.05) is 0 Å². The van der Waals surface area contributed by atoms with Gasteiger partial charge in [0.25, 0.3) is 5.69 Å². The largest absolute Gasteiger partial charge is 0.480 e. The summed E-state index contributed by atoms with van der Waals surface area (Å²) in [5.74, 6) is -0.956. The lowest BCUT2D eigenvalue weighted by atomic mass is 9.98. The van der Waals surface area contributed by atoms with E-state index in [0.717, 1.165) is 0 Å². The van der Waals surface area contributed by atoms with E-state index in [1.54, 1.807) is 24.0 Å². The summed E-state index contributed by atoms with van der Waals surface area (Å²) in [6.07, 6.45) is 1.19. The van der Waals surface area contributed by atoms with E-state index in [-0.39, 0.29) is 11.3 Å². The number of aliphatic carboxylic acids is 1. The molecule has 0 bridgehead atoms. The fourth-order valence-corrected chi connectivity index (χ4v) is 2.53. The molecule has 2 rings (SSSR count). The second-order valence-corrected chi connectivity index (χ2v) is 4.90. The maximum atomic E-state index is 11.4. The van der Waals surface area contributed by atoms with E-state index in [1.165, 1.54) is 12.1 Å². The van der Waals surface area contributed by atoms with Crippen molar-refractivity contribution in [2.75, 3.05) is 11.4 Å². The minimum Gasteiger partial charge on any atom is -0.480 e. The van der Waals surface area contributed by atoms with E-state index >= 15 is 0 Å². The second kappa shape index (κ2) is 4.81. The van der Waals surface area contributed by atoms with E-state index in [1.807, 2.05) is 0 Å². The van der Waals surface area contributed by atoms with Crippen LogP contribution < -0.4 is 4.90 Å². The van der Waals surface area contributed by atoms with Crippen LogP contribution in [0.1, 0.15) is 25.3 Å². The topological polar surface area (TPSA) is 107 Å². The van der Waals surface area contributed by atoms with Gasteiger partial charge in [-0.2, -0.15) is 5.26 Å². The van der Waals surface area contributed by atoms with Crippen molar-refractivity contribution in [3.05, 3.63) is 33.9 Å². The number of carboxylic acid groups (broad SMARTS) is 1. The standard InChI is InChI=1S/C13H13N3O4/c1-13(12(17)18)5-2-6-15(13)10-4-3-9(8-14)11(7-10)16(19)20/h3-4,7H,2,5-6H2,1H3,(H,17,18). The lowest BCUT2D eigenvalue weighted by molar-refractivity contribution is -0.385. The van der Waals surface area contributed by atoms with Gasteiger partial charge in [-0.25, -0.2) is 4.79 Å². The van der Waals surface area contributed by atoms with Gasteiger partial charge in [0.15, 0.2) is 0 Å². The molecule has 0 amide bonds. The molecular weight excluding hydrogens is 262 g/mol. The first kappa shape index (κ1) is 13.8. The molecule has 1 unspecified atom stereocenters. The van der Waals surface area contributed by atoms with Crippen LogP contribution in [-0.2, 0) is 4.79 Å². The number of benzene rings is 1. The van der Waals surface area contributed by atoms with Gasteiger partial charge in [0.1, 0.15) is 17.2 Å². The van der Waals surface area contributed by atoms with Gasteiger partial charge in [-0.05, 0) is 31.9 Å². The fourth-order valence-electron chi connectivity index (χ4n) is 2.53. The van der Waals surface area contributed by atoms with Crippen molar-refractivity contribution in [3.63, 3.8) is 0 Å². The predicted octanol–water partition coefficient (Wildman–Crippen LogP) is 1.91. The Labute approximate surface area is 115 Å². The summed E-state index contributed by atoms with van der Waals surface area (Å²) >= 11 is 0. The third-order valence-corrected chi connectivity index (χ3v) is 3.71. The van der Waals surface area contributed by atoms with Crippen LogP contribution in [0.3, 0.4) is 0 Å². The molecule has 1 aromatic carbocycles. The quantitative estimate of drug-likeness (QED) is 0.666. The van der Waals surface area contributed by atoms with E-state index in [2.05, 4.69) is 0 Å². The summed E-state index contributed by atoms with van der Waals surface area (Å²) < 4.78 is 0. The van der Waals surface area contributed by atoms with Crippen LogP contribution in [0, 0.1) is 21.4 Å². The van der Waals surface area contributed by atoms with Crippen LogP contribution in [0.2, 0.25) is 0 Å². The van der Waals surface area contributed by atoms with Crippen molar-refractivity contribution < 1.29 is 14.8 Å².